The molecule has 2 heterocycles. The SMILES string of the molecule is COc1ccc2c(c1)OCCNC(=O)[C@@H](NC(=O)c1c(C)noc1C)CCCCNC2=O. The van der Waals surface area contributed by atoms with Crippen molar-refractivity contribution in [3.63, 3.8) is 0 Å². The summed E-state index contributed by atoms with van der Waals surface area (Å²) < 4.78 is 16.0. The minimum Gasteiger partial charge on any atom is -0.497 e. The van der Waals surface area contributed by atoms with Crippen molar-refractivity contribution in [2.24, 2.45) is 0 Å². The van der Waals surface area contributed by atoms with E-state index in [0.29, 0.717) is 59.9 Å². The second-order valence-electron chi connectivity index (χ2n) is 7.48. The van der Waals surface area contributed by atoms with Crippen molar-refractivity contribution in [1.82, 2.24) is 21.1 Å². The standard InChI is InChI=1S/C22H28N4O6/c1-13-19(14(2)32-26-13)22(29)25-17-6-4-5-9-23-20(27)16-8-7-15(30-3)12-18(16)31-11-10-24-21(17)28/h7-8,12,17H,4-6,9-11H2,1-3H3,(H,23,27)(H,24,28)(H,25,29)/t17-/m0/s1. The first-order chi connectivity index (χ1) is 15.4. The van der Waals surface area contributed by atoms with Gasteiger partial charge in [0.2, 0.25) is 5.91 Å². The highest BCUT2D eigenvalue weighted by Crippen LogP contribution is 2.25. The monoisotopic (exact) mass is 444 g/mol. The maximum atomic E-state index is 12.7. The number of ether oxygens (including phenoxy) is 2. The van der Waals surface area contributed by atoms with Crippen LogP contribution in [0, 0.1) is 13.8 Å². The largest absolute Gasteiger partial charge is 0.497 e. The van der Waals surface area contributed by atoms with Gasteiger partial charge in [-0.15, -0.1) is 0 Å². The Bertz CT molecular complexity index is 967. The van der Waals surface area contributed by atoms with Gasteiger partial charge in [0.25, 0.3) is 11.8 Å². The average Bonchev–Trinajstić information content (AvgIpc) is 3.12. The molecule has 3 amide bonds. The summed E-state index contributed by atoms with van der Waals surface area (Å²) in [6, 6.07) is 4.24. The maximum Gasteiger partial charge on any atom is 0.257 e. The Balaban J connectivity index is 1.70. The summed E-state index contributed by atoms with van der Waals surface area (Å²) in [5.41, 5.74) is 1.20. The van der Waals surface area contributed by atoms with Gasteiger partial charge in [-0.1, -0.05) is 5.16 Å². The number of carbonyl (C=O) groups excluding carboxylic acids is 3. The van der Waals surface area contributed by atoms with Crippen LogP contribution in [0.4, 0.5) is 0 Å². The van der Waals surface area contributed by atoms with Crippen LogP contribution in [0.5, 0.6) is 11.5 Å². The van der Waals surface area contributed by atoms with Gasteiger partial charge in [-0.05, 0) is 45.2 Å². The molecule has 1 aromatic heterocycles. The molecule has 0 aliphatic carbocycles. The van der Waals surface area contributed by atoms with Crippen LogP contribution in [0.1, 0.15) is 51.4 Å². The number of amides is 3. The molecule has 1 aliphatic heterocycles. The molecule has 0 radical (unpaired) electrons. The first-order valence-corrected chi connectivity index (χ1v) is 10.5. The normalized spacial score (nSPS) is 17.8. The fourth-order valence-electron chi connectivity index (χ4n) is 3.47. The molecule has 1 aliphatic rings. The predicted octanol–water partition coefficient (Wildman–Crippen LogP) is 1.51. The van der Waals surface area contributed by atoms with Crippen LogP contribution in [0.3, 0.4) is 0 Å². The van der Waals surface area contributed by atoms with Gasteiger partial charge >= 0.3 is 0 Å². The summed E-state index contributed by atoms with van der Waals surface area (Å²) in [6.07, 6.45) is 1.70. The molecule has 0 saturated heterocycles. The van der Waals surface area contributed by atoms with Gasteiger partial charge in [-0.3, -0.25) is 14.4 Å². The van der Waals surface area contributed by atoms with Crippen LogP contribution >= 0.6 is 0 Å². The summed E-state index contributed by atoms with van der Waals surface area (Å²) in [5, 5.41) is 12.2. The summed E-state index contributed by atoms with van der Waals surface area (Å²) >= 11 is 0. The van der Waals surface area contributed by atoms with Crippen LogP contribution in [-0.4, -0.2) is 55.7 Å². The van der Waals surface area contributed by atoms with Crippen LogP contribution in [0.15, 0.2) is 22.7 Å². The Hall–Kier alpha value is -3.56. The Kier molecular flexibility index (Phi) is 7.69. The molecule has 32 heavy (non-hydrogen) atoms. The number of nitrogens with zero attached hydrogens (tertiary/aromatic N) is 1. The van der Waals surface area contributed by atoms with E-state index in [0.717, 1.165) is 0 Å². The van der Waals surface area contributed by atoms with Gasteiger partial charge in [-0.2, -0.15) is 0 Å². The lowest BCUT2D eigenvalue weighted by molar-refractivity contribution is -0.123. The molecule has 10 nitrogen and oxygen atoms in total. The molecule has 0 spiro atoms. The second-order valence-corrected chi connectivity index (χ2v) is 7.48. The van der Waals surface area contributed by atoms with Crippen LogP contribution in [0.2, 0.25) is 0 Å². The van der Waals surface area contributed by atoms with Gasteiger partial charge in [0.1, 0.15) is 35.5 Å². The van der Waals surface area contributed by atoms with Gasteiger partial charge in [-0.25, -0.2) is 0 Å². The zero-order valence-corrected chi connectivity index (χ0v) is 18.4. The van der Waals surface area contributed by atoms with Crippen molar-refractivity contribution in [3.05, 3.63) is 40.8 Å². The van der Waals surface area contributed by atoms with Crippen molar-refractivity contribution in [2.75, 3.05) is 26.8 Å². The molecule has 2 aromatic rings. The zero-order valence-electron chi connectivity index (χ0n) is 18.4. The molecule has 0 unspecified atom stereocenters. The lowest BCUT2D eigenvalue weighted by Gasteiger charge is -2.20. The molecule has 172 valence electrons. The molecular weight excluding hydrogens is 416 g/mol. The topological polar surface area (TPSA) is 132 Å². The Morgan fingerprint density at radius 3 is 2.72 bits per heavy atom. The number of nitrogens with one attached hydrogen (secondary N) is 3. The predicted molar refractivity (Wildman–Crippen MR) is 115 cm³/mol. The number of fused-ring (bicyclic) bond motifs is 1. The number of aromatic nitrogens is 1. The Labute approximate surface area is 186 Å². The van der Waals surface area contributed by atoms with Gasteiger partial charge in [0.05, 0.1) is 24.9 Å². The molecule has 1 aromatic carbocycles. The molecule has 0 saturated carbocycles. The number of methoxy groups -OCH3 is 1. The van der Waals surface area contributed by atoms with E-state index in [4.69, 9.17) is 14.0 Å². The van der Waals surface area contributed by atoms with E-state index in [2.05, 4.69) is 21.1 Å². The number of carbonyl (C=O) groups is 3. The van der Waals surface area contributed by atoms with E-state index >= 15 is 0 Å². The van der Waals surface area contributed by atoms with Crippen LogP contribution < -0.4 is 25.4 Å². The lowest BCUT2D eigenvalue weighted by Crippen LogP contribution is -2.47. The van der Waals surface area contributed by atoms with Crippen LogP contribution in [-0.2, 0) is 4.79 Å². The molecule has 1 atom stereocenters. The zero-order chi connectivity index (χ0) is 23.1. The molecule has 3 N–H and O–H groups in total. The summed E-state index contributed by atoms with van der Waals surface area (Å²) in [5.74, 6) is 0.368. The van der Waals surface area contributed by atoms with Crippen molar-refractivity contribution >= 4 is 17.7 Å². The third-order valence-electron chi connectivity index (χ3n) is 5.18. The third kappa shape index (κ3) is 5.57. The Morgan fingerprint density at radius 1 is 1.19 bits per heavy atom. The summed E-state index contributed by atoms with van der Waals surface area (Å²) in [4.78, 5) is 38.0. The van der Waals surface area contributed by atoms with E-state index in [9.17, 15) is 14.4 Å². The fraction of sp³-hybridized carbons (Fsp3) is 0.455. The highest BCUT2D eigenvalue weighted by atomic mass is 16.5. The number of benzene rings is 1. The third-order valence-corrected chi connectivity index (χ3v) is 5.18. The minimum atomic E-state index is -0.734. The second kappa shape index (κ2) is 10.7. The van der Waals surface area contributed by atoms with Gasteiger partial charge in [0.15, 0.2) is 0 Å². The van der Waals surface area contributed by atoms with E-state index in [1.54, 1.807) is 32.0 Å². The molecule has 0 fully saturated rings. The Morgan fingerprint density at radius 2 is 2.00 bits per heavy atom. The van der Waals surface area contributed by atoms with E-state index in [-0.39, 0.29) is 25.0 Å². The number of hydrogen-bond donors (Lipinski definition) is 3. The van der Waals surface area contributed by atoms with Gasteiger partial charge < -0.3 is 29.9 Å². The number of hydrogen-bond acceptors (Lipinski definition) is 7. The summed E-state index contributed by atoms with van der Waals surface area (Å²) in [6.45, 7) is 4.09. The lowest BCUT2D eigenvalue weighted by atomic mass is 10.1. The molecule has 0 bridgehead atoms. The van der Waals surface area contributed by atoms with Crippen molar-refractivity contribution < 1.29 is 28.4 Å². The highest BCUT2D eigenvalue weighted by molar-refractivity contribution is 5.99. The fourth-order valence-corrected chi connectivity index (χ4v) is 3.47. The molecule has 10 heteroatoms. The number of aryl methyl sites for hydroxylation is 2. The van der Waals surface area contributed by atoms with E-state index < -0.39 is 11.9 Å². The first kappa shape index (κ1) is 23.1. The maximum absolute atomic E-state index is 12.7. The first-order valence-electron chi connectivity index (χ1n) is 10.5. The molecular formula is C22H28N4O6. The quantitative estimate of drug-likeness (QED) is 0.654. The average molecular weight is 444 g/mol. The molecule has 3 rings (SSSR count). The van der Waals surface area contributed by atoms with E-state index in [1.807, 2.05) is 0 Å². The smallest absolute Gasteiger partial charge is 0.257 e. The van der Waals surface area contributed by atoms with Crippen molar-refractivity contribution in [3.8, 4) is 11.5 Å². The van der Waals surface area contributed by atoms with Crippen molar-refractivity contribution in [2.45, 2.75) is 39.2 Å². The van der Waals surface area contributed by atoms with Crippen LogP contribution in [0.25, 0.3) is 0 Å². The van der Waals surface area contributed by atoms with Gasteiger partial charge in [0, 0.05) is 12.6 Å². The van der Waals surface area contributed by atoms with Crippen molar-refractivity contribution in [1.29, 1.82) is 0 Å². The highest BCUT2D eigenvalue weighted by Gasteiger charge is 2.25. The number of rotatable bonds is 3. The summed E-state index contributed by atoms with van der Waals surface area (Å²) in [7, 11) is 1.53. The van der Waals surface area contributed by atoms with E-state index in [1.165, 1.54) is 7.11 Å². The minimum absolute atomic E-state index is 0.143.